The van der Waals surface area contributed by atoms with Gasteiger partial charge in [-0.15, -0.1) is 0 Å². The number of fused-ring (bicyclic) bond motifs is 4. The van der Waals surface area contributed by atoms with Crippen molar-refractivity contribution in [1.82, 2.24) is 9.91 Å². The molecule has 0 spiro atoms. The van der Waals surface area contributed by atoms with Crippen molar-refractivity contribution in [3.8, 4) is 5.75 Å². The number of anilines is 1. The van der Waals surface area contributed by atoms with Gasteiger partial charge >= 0.3 is 6.03 Å². The Morgan fingerprint density at radius 2 is 1.67 bits per heavy atom. The predicted molar refractivity (Wildman–Crippen MR) is 163 cm³/mol. The molecule has 2 saturated heterocycles. The van der Waals surface area contributed by atoms with Gasteiger partial charge in [-0.3, -0.25) is 24.6 Å². The number of nitrogens with two attached hydrogens (primary N) is 1. The number of carbonyl (C=O) groups excluding carboxylic acids is 5. The number of hydrazine groups is 1. The minimum Gasteiger partial charge on any atom is -0.507 e. The van der Waals surface area contributed by atoms with Gasteiger partial charge in [-0.05, 0) is 73.2 Å². The normalized spacial score (nSPS) is 28.5. The first-order valence-electron chi connectivity index (χ1n) is 14.8. The SMILES string of the molecule is Cc1cccc(C2C3=CCC4C(=O)N(C(N)=O)C(=O)C4C3CC3C(=O)N(Nc4ccc(F)cc4)C(=O)C32c2ccc(Cl)cc2)c1O. The molecule has 0 aromatic heterocycles. The lowest BCUT2D eigenvalue weighted by Gasteiger charge is -2.50. The molecule has 2 heterocycles. The monoisotopic (exact) mass is 642 g/mol. The molecule has 10 nitrogen and oxygen atoms in total. The molecule has 3 fully saturated rings. The van der Waals surface area contributed by atoms with E-state index < -0.39 is 70.5 Å². The fourth-order valence-corrected chi connectivity index (χ4v) is 8.26. The summed E-state index contributed by atoms with van der Waals surface area (Å²) in [6, 6.07) is 15.7. The summed E-state index contributed by atoms with van der Waals surface area (Å²) in [4.78, 5) is 69.0. The van der Waals surface area contributed by atoms with E-state index in [0.29, 0.717) is 32.2 Å². The van der Waals surface area contributed by atoms with Crippen LogP contribution in [0.15, 0.2) is 78.4 Å². The molecular weight excluding hydrogens is 615 g/mol. The minimum atomic E-state index is -1.63. The number of nitrogens with zero attached hydrogens (tertiary/aromatic N) is 2. The van der Waals surface area contributed by atoms with Crippen LogP contribution in [0.25, 0.3) is 0 Å². The number of carbonyl (C=O) groups is 5. The van der Waals surface area contributed by atoms with Crippen LogP contribution in [-0.4, -0.2) is 44.7 Å². The van der Waals surface area contributed by atoms with Gasteiger partial charge in [0.1, 0.15) is 11.6 Å². The summed E-state index contributed by atoms with van der Waals surface area (Å²) in [6.45, 7) is 1.71. The topological polar surface area (TPSA) is 150 Å². The minimum absolute atomic E-state index is 0.0174. The Labute approximate surface area is 267 Å². The number of hydrogen-bond acceptors (Lipinski definition) is 7. The number of para-hydroxylation sites is 1. The Kier molecular flexibility index (Phi) is 6.78. The molecule has 234 valence electrons. The quantitative estimate of drug-likeness (QED) is 0.279. The average molecular weight is 643 g/mol. The molecule has 6 atom stereocenters. The van der Waals surface area contributed by atoms with Gasteiger partial charge in [0, 0.05) is 16.5 Å². The number of likely N-dealkylation sites (tertiary alicyclic amines) is 1. The smallest absolute Gasteiger partial charge is 0.328 e. The molecule has 2 aliphatic carbocycles. The number of benzene rings is 3. The average Bonchev–Trinajstić information content (AvgIpc) is 3.41. The van der Waals surface area contributed by atoms with E-state index in [1.807, 2.05) is 0 Å². The highest BCUT2D eigenvalue weighted by Gasteiger charge is 2.70. The number of urea groups is 1. The molecule has 4 aliphatic rings. The molecule has 3 aromatic carbocycles. The first-order valence-corrected chi connectivity index (χ1v) is 15.2. The molecule has 2 aliphatic heterocycles. The van der Waals surface area contributed by atoms with Crippen LogP contribution in [0.1, 0.15) is 35.4 Å². The lowest BCUT2D eigenvalue weighted by atomic mass is 9.49. The Balaban J connectivity index is 1.48. The summed E-state index contributed by atoms with van der Waals surface area (Å²) >= 11 is 6.28. The van der Waals surface area contributed by atoms with E-state index in [1.54, 1.807) is 55.5 Å². The summed E-state index contributed by atoms with van der Waals surface area (Å²) in [7, 11) is 0. The number of allylic oxidation sites excluding steroid dienone is 2. The summed E-state index contributed by atoms with van der Waals surface area (Å²) in [5, 5.41) is 12.9. The predicted octanol–water partition coefficient (Wildman–Crippen LogP) is 4.56. The highest BCUT2D eigenvalue weighted by Crippen LogP contribution is 2.65. The number of rotatable bonds is 4. The van der Waals surface area contributed by atoms with Crippen molar-refractivity contribution >= 4 is 46.9 Å². The van der Waals surface area contributed by atoms with Crippen LogP contribution in [-0.2, 0) is 24.6 Å². The number of halogens is 2. The van der Waals surface area contributed by atoms with Gasteiger partial charge in [0.15, 0.2) is 0 Å². The molecule has 46 heavy (non-hydrogen) atoms. The second kappa shape index (κ2) is 10.5. The zero-order valence-corrected chi connectivity index (χ0v) is 25.2. The number of aryl methyl sites for hydroxylation is 1. The molecule has 0 bridgehead atoms. The number of nitrogens with one attached hydrogen (secondary N) is 1. The first-order chi connectivity index (χ1) is 22.0. The Hall–Kier alpha value is -5.03. The van der Waals surface area contributed by atoms with Crippen LogP contribution in [0.4, 0.5) is 14.9 Å². The Morgan fingerprint density at radius 3 is 2.35 bits per heavy atom. The first kappa shape index (κ1) is 29.7. The number of hydrogen-bond donors (Lipinski definition) is 3. The largest absolute Gasteiger partial charge is 0.507 e. The summed E-state index contributed by atoms with van der Waals surface area (Å²) in [5.74, 6) is -7.93. The van der Waals surface area contributed by atoms with Crippen molar-refractivity contribution in [3.63, 3.8) is 0 Å². The standard InChI is InChI=1S/C34H28ClFN4O6/c1-16-3-2-4-23(28(16)41)27-21-13-14-22-26(31(44)39(29(22)42)33(37)46)24(21)15-25-30(43)40(38-20-11-9-19(36)10-12-20)32(45)34(25,27)17-5-7-18(35)8-6-17/h2-13,22,24-27,38,41H,14-15H2,1H3,(H2,37,46). The van der Waals surface area contributed by atoms with E-state index in [0.717, 1.165) is 5.01 Å². The maximum absolute atomic E-state index is 15.0. The molecule has 4 N–H and O–H groups in total. The zero-order chi connectivity index (χ0) is 32.7. The van der Waals surface area contributed by atoms with Gasteiger partial charge in [-0.25, -0.2) is 9.18 Å². The lowest BCUT2D eigenvalue weighted by Crippen LogP contribution is -2.53. The zero-order valence-electron chi connectivity index (χ0n) is 24.4. The number of amides is 6. The number of imide groups is 4. The maximum atomic E-state index is 15.0. The Morgan fingerprint density at radius 1 is 0.978 bits per heavy atom. The third-order valence-electron chi connectivity index (χ3n) is 10.1. The van der Waals surface area contributed by atoms with Crippen molar-refractivity contribution in [1.29, 1.82) is 0 Å². The molecule has 6 unspecified atom stereocenters. The fraction of sp³-hybridized carbons (Fsp3) is 0.265. The van der Waals surface area contributed by atoms with Crippen molar-refractivity contribution in [2.24, 2.45) is 29.4 Å². The van der Waals surface area contributed by atoms with Gasteiger partial charge < -0.3 is 10.8 Å². The molecular formula is C34H28ClFN4O6. The van der Waals surface area contributed by atoms with Crippen LogP contribution in [0.5, 0.6) is 5.75 Å². The number of phenols is 1. The molecule has 0 radical (unpaired) electrons. The molecule has 7 rings (SSSR count). The summed E-state index contributed by atoms with van der Waals surface area (Å²) in [5.41, 5.74) is 8.91. The van der Waals surface area contributed by atoms with Gasteiger partial charge in [-0.1, -0.05) is 53.6 Å². The number of phenolic OH excluding ortho intramolecular Hbond substituents is 1. The summed E-state index contributed by atoms with van der Waals surface area (Å²) in [6.07, 6.45) is 1.88. The summed E-state index contributed by atoms with van der Waals surface area (Å²) < 4.78 is 13.7. The molecule has 6 amide bonds. The van der Waals surface area contributed by atoms with E-state index >= 15 is 4.79 Å². The highest BCUT2D eigenvalue weighted by molar-refractivity contribution is 6.30. The molecule has 12 heteroatoms. The van der Waals surface area contributed by atoms with Gasteiger partial charge in [0.05, 0.1) is 28.9 Å². The van der Waals surface area contributed by atoms with Crippen molar-refractivity contribution in [2.45, 2.75) is 31.1 Å². The van der Waals surface area contributed by atoms with E-state index in [2.05, 4.69) is 5.43 Å². The van der Waals surface area contributed by atoms with Crippen LogP contribution >= 0.6 is 11.6 Å². The van der Waals surface area contributed by atoms with E-state index in [1.165, 1.54) is 24.3 Å². The fourth-order valence-electron chi connectivity index (χ4n) is 8.13. The molecule has 1 saturated carbocycles. The van der Waals surface area contributed by atoms with Crippen LogP contribution in [0, 0.1) is 36.4 Å². The molecule has 3 aromatic rings. The van der Waals surface area contributed by atoms with Crippen LogP contribution in [0.3, 0.4) is 0 Å². The van der Waals surface area contributed by atoms with Crippen molar-refractivity contribution < 1.29 is 33.5 Å². The highest BCUT2D eigenvalue weighted by atomic mass is 35.5. The second-order valence-electron chi connectivity index (χ2n) is 12.2. The third-order valence-corrected chi connectivity index (χ3v) is 10.3. The Bertz CT molecular complexity index is 1880. The number of aromatic hydroxyl groups is 1. The van der Waals surface area contributed by atoms with Crippen LogP contribution in [0.2, 0.25) is 5.02 Å². The van der Waals surface area contributed by atoms with E-state index in [-0.39, 0.29) is 24.3 Å². The van der Waals surface area contributed by atoms with Crippen LogP contribution < -0.4 is 11.2 Å². The van der Waals surface area contributed by atoms with Crippen molar-refractivity contribution in [2.75, 3.05) is 5.43 Å². The van der Waals surface area contributed by atoms with Gasteiger partial charge in [-0.2, -0.15) is 9.91 Å². The second-order valence-corrected chi connectivity index (χ2v) is 12.7. The van der Waals surface area contributed by atoms with Crippen molar-refractivity contribution in [3.05, 3.63) is 106 Å². The third kappa shape index (κ3) is 4.04. The van der Waals surface area contributed by atoms with Gasteiger partial charge in [0.25, 0.3) is 11.8 Å². The lowest BCUT2D eigenvalue weighted by molar-refractivity contribution is -0.139. The van der Waals surface area contributed by atoms with E-state index in [9.17, 15) is 28.7 Å². The van der Waals surface area contributed by atoms with Gasteiger partial charge in [0.2, 0.25) is 11.8 Å². The number of primary amides is 1. The van der Waals surface area contributed by atoms with E-state index in [4.69, 9.17) is 17.3 Å². The maximum Gasteiger partial charge on any atom is 0.328 e.